The van der Waals surface area contributed by atoms with Gasteiger partial charge in [0, 0.05) is 38.4 Å². The zero-order chi connectivity index (χ0) is 41.0. The van der Waals surface area contributed by atoms with E-state index in [1.807, 2.05) is 36.4 Å². The molecule has 0 spiro atoms. The third-order valence-electron chi connectivity index (χ3n) is 12.0. The van der Waals surface area contributed by atoms with Gasteiger partial charge >= 0.3 is 0 Å². The van der Waals surface area contributed by atoms with Crippen LogP contribution in [0.3, 0.4) is 0 Å². The molecular formula is C58H36N4. The van der Waals surface area contributed by atoms with E-state index in [2.05, 4.69) is 182 Å². The predicted molar refractivity (Wildman–Crippen MR) is 258 cm³/mol. The molecule has 62 heavy (non-hydrogen) atoms. The van der Waals surface area contributed by atoms with Gasteiger partial charge in [-0.05, 0) is 91.0 Å². The van der Waals surface area contributed by atoms with E-state index in [0.29, 0.717) is 17.5 Å². The first-order valence-corrected chi connectivity index (χ1v) is 21.0. The molecule has 0 atom stereocenters. The first-order valence-electron chi connectivity index (χ1n) is 21.0. The molecule has 0 saturated heterocycles. The molecule has 288 valence electrons. The topological polar surface area (TPSA) is 51.6 Å². The van der Waals surface area contributed by atoms with Crippen LogP contribution >= 0.6 is 0 Å². The summed E-state index contributed by atoms with van der Waals surface area (Å²) >= 11 is 0. The average molecular weight is 789 g/mol. The van der Waals surface area contributed by atoms with E-state index in [4.69, 9.17) is 19.9 Å². The Balaban J connectivity index is 1.20. The molecule has 0 unspecified atom stereocenters. The molecule has 12 rings (SSSR count). The minimum atomic E-state index is 0.605. The Morgan fingerprint density at radius 1 is 0.242 bits per heavy atom. The van der Waals surface area contributed by atoms with Gasteiger partial charge < -0.3 is 0 Å². The number of pyridine rings is 1. The lowest BCUT2D eigenvalue weighted by Gasteiger charge is -2.18. The first-order chi connectivity index (χ1) is 30.7. The smallest absolute Gasteiger partial charge is 0.164 e. The highest BCUT2D eigenvalue weighted by molar-refractivity contribution is 6.25. The number of hydrogen-bond acceptors (Lipinski definition) is 4. The van der Waals surface area contributed by atoms with Crippen LogP contribution in [0.1, 0.15) is 0 Å². The molecule has 0 amide bonds. The molecule has 10 aromatic carbocycles. The van der Waals surface area contributed by atoms with Crippen molar-refractivity contribution < 1.29 is 0 Å². The van der Waals surface area contributed by atoms with Gasteiger partial charge in [0.1, 0.15) is 0 Å². The van der Waals surface area contributed by atoms with Crippen molar-refractivity contribution in [2.24, 2.45) is 0 Å². The third kappa shape index (κ3) is 6.08. The maximum Gasteiger partial charge on any atom is 0.164 e. The SMILES string of the molecule is c1ccc(-c2nc(-c3ccccc3)nc(-c3cc(-c4cc5ccccc5c5ccccc45)cc(-c4cc5c(-c6ccccc6)nc6ccccc6c5c5ccccc45)c3)n2)cc1. The van der Waals surface area contributed by atoms with Gasteiger partial charge in [0.15, 0.2) is 17.5 Å². The minimum Gasteiger partial charge on any atom is -0.247 e. The van der Waals surface area contributed by atoms with Crippen molar-refractivity contribution in [2.45, 2.75) is 0 Å². The summed E-state index contributed by atoms with van der Waals surface area (Å²) in [7, 11) is 0. The number of aromatic nitrogens is 4. The fourth-order valence-corrected chi connectivity index (χ4v) is 9.17. The van der Waals surface area contributed by atoms with Gasteiger partial charge in [0.05, 0.1) is 11.2 Å². The number of fused-ring (bicyclic) bond motifs is 8. The van der Waals surface area contributed by atoms with E-state index in [0.717, 1.165) is 71.9 Å². The van der Waals surface area contributed by atoms with Crippen LogP contribution in [-0.2, 0) is 0 Å². The van der Waals surface area contributed by atoms with Crippen LogP contribution < -0.4 is 0 Å². The Hall–Kier alpha value is -8.34. The van der Waals surface area contributed by atoms with Crippen molar-refractivity contribution in [3.8, 4) is 67.7 Å². The van der Waals surface area contributed by atoms with E-state index < -0.39 is 0 Å². The van der Waals surface area contributed by atoms with Crippen LogP contribution in [0.25, 0.3) is 122 Å². The van der Waals surface area contributed by atoms with Gasteiger partial charge in [-0.1, -0.05) is 182 Å². The van der Waals surface area contributed by atoms with Crippen molar-refractivity contribution in [1.82, 2.24) is 19.9 Å². The normalized spacial score (nSPS) is 11.5. The summed E-state index contributed by atoms with van der Waals surface area (Å²) in [6, 6.07) is 77.2. The fourth-order valence-electron chi connectivity index (χ4n) is 9.17. The van der Waals surface area contributed by atoms with Crippen molar-refractivity contribution >= 4 is 54.0 Å². The van der Waals surface area contributed by atoms with Gasteiger partial charge in [-0.25, -0.2) is 19.9 Å². The van der Waals surface area contributed by atoms with E-state index >= 15 is 0 Å². The van der Waals surface area contributed by atoms with Crippen molar-refractivity contribution in [1.29, 1.82) is 0 Å². The van der Waals surface area contributed by atoms with Gasteiger partial charge in [-0.3, -0.25) is 0 Å². The van der Waals surface area contributed by atoms with Crippen molar-refractivity contribution in [3.05, 3.63) is 218 Å². The molecule has 2 aromatic heterocycles. The summed E-state index contributed by atoms with van der Waals surface area (Å²) in [5.74, 6) is 1.85. The van der Waals surface area contributed by atoms with Crippen LogP contribution in [0.15, 0.2) is 218 Å². The molecule has 4 nitrogen and oxygen atoms in total. The quantitative estimate of drug-likeness (QED) is 0.158. The largest absolute Gasteiger partial charge is 0.247 e. The molecule has 0 saturated carbocycles. The second kappa shape index (κ2) is 14.7. The second-order valence-electron chi connectivity index (χ2n) is 15.8. The summed E-state index contributed by atoms with van der Waals surface area (Å²) in [6.45, 7) is 0. The Kier molecular flexibility index (Phi) is 8.46. The van der Waals surface area contributed by atoms with E-state index in [9.17, 15) is 0 Å². The molecule has 0 aliphatic carbocycles. The number of benzene rings is 10. The molecule has 0 aliphatic heterocycles. The Morgan fingerprint density at radius 3 is 1.31 bits per heavy atom. The first kappa shape index (κ1) is 35.6. The maximum absolute atomic E-state index is 5.36. The predicted octanol–water partition coefficient (Wildman–Crippen LogP) is 15.0. The summed E-state index contributed by atoms with van der Waals surface area (Å²) < 4.78 is 0. The third-order valence-corrected chi connectivity index (χ3v) is 12.0. The standard InChI is InChI=1S/C58H36N4/c1-4-18-37(19-5-1)55-52-36-51(47-28-14-15-29-48(47)54(52)49-30-16-17-31-53(49)59-55)42-32-41(50-35-40-24-10-11-25-44(40)45-26-12-13-27-46(45)50)33-43(34-42)58-61-56(38-20-6-2-7-21-38)60-57(62-58)39-22-8-3-9-23-39/h1-36H. The van der Waals surface area contributed by atoms with E-state index in [1.165, 1.54) is 32.3 Å². The summed E-state index contributed by atoms with van der Waals surface area (Å²) in [5.41, 5.74) is 10.2. The van der Waals surface area contributed by atoms with Crippen LogP contribution in [0.4, 0.5) is 0 Å². The number of para-hydroxylation sites is 1. The summed E-state index contributed by atoms with van der Waals surface area (Å²) in [5, 5.41) is 10.6. The van der Waals surface area contributed by atoms with E-state index in [1.54, 1.807) is 0 Å². The highest BCUT2D eigenvalue weighted by atomic mass is 15.0. The van der Waals surface area contributed by atoms with Gasteiger partial charge in [-0.15, -0.1) is 0 Å². The molecule has 4 heteroatoms. The van der Waals surface area contributed by atoms with Crippen LogP contribution in [-0.4, -0.2) is 19.9 Å². The molecular weight excluding hydrogens is 753 g/mol. The number of hydrogen-bond donors (Lipinski definition) is 0. The molecule has 0 radical (unpaired) electrons. The second-order valence-corrected chi connectivity index (χ2v) is 15.8. The number of rotatable bonds is 6. The zero-order valence-electron chi connectivity index (χ0n) is 33.6. The Morgan fingerprint density at radius 2 is 0.677 bits per heavy atom. The fraction of sp³-hybridized carbons (Fsp3) is 0. The molecule has 0 N–H and O–H groups in total. The monoisotopic (exact) mass is 788 g/mol. The molecule has 12 aromatic rings. The highest BCUT2D eigenvalue weighted by Crippen LogP contribution is 2.44. The van der Waals surface area contributed by atoms with Crippen LogP contribution in [0, 0.1) is 0 Å². The lowest BCUT2D eigenvalue weighted by Crippen LogP contribution is -2.00. The highest BCUT2D eigenvalue weighted by Gasteiger charge is 2.20. The zero-order valence-corrected chi connectivity index (χ0v) is 33.6. The Bertz CT molecular complexity index is 3620. The molecule has 0 bridgehead atoms. The summed E-state index contributed by atoms with van der Waals surface area (Å²) in [6.07, 6.45) is 0. The molecule has 2 heterocycles. The number of nitrogens with zero attached hydrogens (tertiary/aromatic N) is 4. The summed E-state index contributed by atoms with van der Waals surface area (Å²) in [4.78, 5) is 20.9. The van der Waals surface area contributed by atoms with Crippen LogP contribution in [0.5, 0.6) is 0 Å². The van der Waals surface area contributed by atoms with Crippen LogP contribution in [0.2, 0.25) is 0 Å². The average Bonchev–Trinajstić information content (AvgIpc) is 3.36. The lowest BCUT2D eigenvalue weighted by atomic mass is 9.87. The molecule has 0 fully saturated rings. The maximum atomic E-state index is 5.36. The molecule has 0 aliphatic rings. The minimum absolute atomic E-state index is 0.605. The Labute approximate surface area is 358 Å². The van der Waals surface area contributed by atoms with Gasteiger partial charge in [0.25, 0.3) is 0 Å². The lowest BCUT2D eigenvalue weighted by molar-refractivity contribution is 1.07. The van der Waals surface area contributed by atoms with Crippen molar-refractivity contribution in [2.75, 3.05) is 0 Å². The van der Waals surface area contributed by atoms with E-state index in [-0.39, 0.29) is 0 Å². The van der Waals surface area contributed by atoms with Gasteiger partial charge in [-0.2, -0.15) is 0 Å². The van der Waals surface area contributed by atoms with Gasteiger partial charge in [0.2, 0.25) is 0 Å². The van der Waals surface area contributed by atoms with Crippen molar-refractivity contribution in [3.63, 3.8) is 0 Å².